The molecule has 1 unspecified atom stereocenters. The Hall–Kier alpha value is -2.66. The number of H-pyrrole nitrogens is 1. The molecule has 25 heavy (non-hydrogen) atoms. The molecule has 1 aromatic heterocycles. The lowest BCUT2D eigenvalue weighted by atomic mass is 9.96. The largest absolute Gasteiger partial charge is 0.384 e. The molecule has 0 fully saturated rings. The number of rotatable bonds is 5. The fraction of sp³-hybridized carbons (Fsp3) is 0.250. The van der Waals surface area contributed by atoms with E-state index in [1.165, 1.54) is 24.3 Å². The van der Waals surface area contributed by atoms with Crippen molar-refractivity contribution in [3.63, 3.8) is 0 Å². The van der Waals surface area contributed by atoms with Crippen molar-refractivity contribution in [2.75, 3.05) is 6.54 Å². The maximum atomic E-state index is 13.0. The summed E-state index contributed by atoms with van der Waals surface area (Å²) in [5, 5.41) is 14.3. The van der Waals surface area contributed by atoms with Crippen LogP contribution >= 0.6 is 0 Å². The summed E-state index contributed by atoms with van der Waals surface area (Å²) in [6.07, 6.45) is 2.06. The van der Waals surface area contributed by atoms with Gasteiger partial charge in [-0.25, -0.2) is 4.39 Å². The van der Waals surface area contributed by atoms with Gasteiger partial charge >= 0.3 is 0 Å². The van der Waals surface area contributed by atoms with Crippen LogP contribution in [0.1, 0.15) is 23.6 Å². The monoisotopic (exact) mass is 340 g/mol. The second kappa shape index (κ2) is 6.69. The highest BCUT2D eigenvalue weighted by Gasteiger charge is 2.24. The predicted octanol–water partition coefficient (Wildman–Crippen LogP) is 3.18. The minimum Gasteiger partial charge on any atom is -0.384 e. The number of carbonyl (C=O) groups excluding carboxylic acids is 1. The average Bonchev–Trinajstić information content (AvgIpc) is 2.95. The smallest absolute Gasteiger partial charge is 0.224 e. The van der Waals surface area contributed by atoms with Crippen LogP contribution in [-0.4, -0.2) is 22.5 Å². The zero-order valence-corrected chi connectivity index (χ0v) is 14.3. The normalized spacial score (nSPS) is 13.6. The molecule has 5 heteroatoms. The van der Waals surface area contributed by atoms with E-state index in [0.29, 0.717) is 5.56 Å². The van der Waals surface area contributed by atoms with Crippen molar-refractivity contribution in [1.29, 1.82) is 0 Å². The standard InChI is InChI=1S/C20H21FN2O2/c1-13-3-8-17-14(11-22-18(17)9-13)10-19(24)23-12-20(2,25)15-4-6-16(21)7-5-15/h3-9,11,22,25H,10,12H2,1-2H3,(H,23,24). The summed E-state index contributed by atoms with van der Waals surface area (Å²) >= 11 is 0. The van der Waals surface area contributed by atoms with Crippen LogP contribution in [0.4, 0.5) is 4.39 Å². The third kappa shape index (κ3) is 3.88. The van der Waals surface area contributed by atoms with E-state index in [-0.39, 0.29) is 24.7 Å². The molecule has 1 atom stereocenters. The molecule has 0 saturated heterocycles. The molecule has 0 radical (unpaired) electrons. The van der Waals surface area contributed by atoms with Gasteiger partial charge in [-0.05, 0) is 48.7 Å². The van der Waals surface area contributed by atoms with Gasteiger partial charge in [-0.15, -0.1) is 0 Å². The molecular weight excluding hydrogens is 319 g/mol. The summed E-state index contributed by atoms with van der Waals surface area (Å²) in [5.41, 5.74) is 2.35. The van der Waals surface area contributed by atoms with Gasteiger partial charge in [0.15, 0.2) is 0 Å². The number of aromatic nitrogens is 1. The van der Waals surface area contributed by atoms with Crippen molar-refractivity contribution in [2.45, 2.75) is 25.9 Å². The number of halogens is 1. The van der Waals surface area contributed by atoms with Gasteiger partial charge in [0.25, 0.3) is 0 Å². The molecule has 0 aliphatic carbocycles. The first-order valence-corrected chi connectivity index (χ1v) is 8.17. The Kier molecular flexibility index (Phi) is 4.59. The number of amides is 1. The van der Waals surface area contributed by atoms with E-state index in [4.69, 9.17) is 0 Å². The van der Waals surface area contributed by atoms with Crippen LogP contribution in [0.2, 0.25) is 0 Å². The first-order valence-electron chi connectivity index (χ1n) is 8.17. The highest BCUT2D eigenvalue weighted by Crippen LogP contribution is 2.21. The van der Waals surface area contributed by atoms with Crippen LogP contribution in [0.15, 0.2) is 48.7 Å². The lowest BCUT2D eigenvalue weighted by molar-refractivity contribution is -0.121. The van der Waals surface area contributed by atoms with Crippen LogP contribution in [0.25, 0.3) is 10.9 Å². The minimum absolute atomic E-state index is 0.0545. The Bertz CT molecular complexity index is 898. The lowest BCUT2D eigenvalue weighted by Crippen LogP contribution is -2.39. The van der Waals surface area contributed by atoms with E-state index < -0.39 is 5.60 Å². The van der Waals surface area contributed by atoms with E-state index >= 15 is 0 Å². The maximum Gasteiger partial charge on any atom is 0.224 e. The van der Waals surface area contributed by atoms with Crippen LogP contribution < -0.4 is 5.32 Å². The molecule has 130 valence electrons. The van der Waals surface area contributed by atoms with Crippen LogP contribution in [0, 0.1) is 12.7 Å². The third-order valence-electron chi connectivity index (χ3n) is 4.37. The summed E-state index contributed by atoms with van der Waals surface area (Å²) in [7, 11) is 0. The van der Waals surface area contributed by atoms with E-state index in [1.54, 1.807) is 6.92 Å². The zero-order valence-electron chi connectivity index (χ0n) is 14.3. The average molecular weight is 340 g/mol. The maximum absolute atomic E-state index is 13.0. The van der Waals surface area contributed by atoms with Gasteiger partial charge in [0.05, 0.1) is 13.0 Å². The number of hydrogen-bond donors (Lipinski definition) is 3. The van der Waals surface area contributed by atoms with E-state index in [9.17, 15) is 14.3 Å². The van der Waals surface area contributed by atoms with Crippen molar-refractivity contribution < 1.29 is 14.3 Å². The lowest BCUT2D eigenvalue weighted by Gasteiger charge is -2.24. The third-order valence-corrected chi connectivity index (χ3v) is 4.37. The summed E-state index contributed by atoms with van der Waals surface area (Å²) < 4.78 is 13.0. The van der Waals surface area contributed by atoms with Crippen molar-refractivity contribution in [2.24, 2.45) is 0 Å². The summed E-state index contributed by atoms with van der Waals surface area (Å²) in [5.74, 6) is -0.540. The molecule has 0 saturated carbocycles. The minimum atomic E-state index is -1.26. The molecule has 1 heterocycles. The van der Waals surface area contributed by atoms with Crippen molar-refractivity contribution in [1.82, 2.24) is 10.3 Å². The van der Waals surface area contributed by atoms with Gasteiger partial charge in [-0.2, -0.15) is 0 Å². The molecule has 3 aromatic rings. The Labute approximate surface area is 145 Å². The topological polar surface area (TPSA) is 65.1 Å². The molecule has 3 N–H and O–H groups in total. The Morgan fingerprint density at radius 1 is 1.24 bits per heavy atom. The van der Waals surface area contributed by atoms with E-state index in [1.807, 2.05) is 31.3 Å². The number of aromatic amines is 1. The van der Waals surface area contributed by atoms with Crippen molar-refractivity contribution in [3.8, 4) is 0 Å². The second-order valence-electron chi connectivity index (χ2n) is 6.60. The number of benzene rings is 2. The fourth-order valence-corrected chi connectivity index (χ4v) is 2.86. The zero-order chi connectivity index (χ0) is 18.0. The predicted molar refractivity (Wildman–Crippen MR) is 95.7 cm³/mol. The molecule has 0 aliphatic rings. The molecule has 2 aromatic carbocycles. The Morgan fingerprint density at radius 2 is 1.96 bits per heavy atom. The van der Waals surface area contributed by atoms with Gasteiger partial charge in [0.1, 0.15) is 11.4 Å². The molecule has 1 amide bonds. The van der Waals surface area contributed by atoms with Gasteiger partial charge in [-0.3, -0.25) is 4.79 Å². The number of nitrogens with one attached hydrogen (secondary N) is 2. The number of aryl methyl sites for hydroxylation is 1. The van der Waals surface area contributed by atoms with Gasteiger partial charge in [-0.1, -0.05) is 24.3 Å². The Morgan fingerprint density at radius 3 is 2.68 bits per heavy atom. The van der Waals surface area contributed by atoms with Gasteiger partial charge in [0, 0.05) is 17.1 Å². The fourth-order valence-electron chi connectivity index (χ4n) is 2.86. The molecule has 4 nitrogen and oxygen atoms in total. The number of fused-ring (bicyclic) bond motifs is 1. The van der Waals surface area contributed by atoms with Crippen LogP contribution in [0.5, 0.6) is 0 Å². The summed E-state index contributed by atoms with van der Waals surface area (Å²) in [4.78, 5) is 15.4. The van der Waals surface area contributed by atoms with Crippen molar-refractivity contribution >= 4 is 16.8 Å². The molecule has 0 aliphatic heterocycles. The SMILES string of the molecule is Cc1ccc2c(CC(=O)NCC(C)(O)c3ccc(F)cc3)c[nH]c2c1. The molecule has 0 spiro atoms. The highest BCUT2D eigenvalue weighted by atomic mass is 19.1. The summed E-state index contributed by atoms with van der Waals surface area (Å²) in [6, 6.07) is 11.7. The number of carbonyl (C=O) groups is 1. The molecule has 3 rings (SSSR count). The van der Waals surface area contributed by atoms with Crippen molar-refractivity contribution in [3.05, 3.63) is 71.2 Å². The van der Waals surface area contributed by atoms with Gasteiger partial charge < -0.3 is 15.4 Å². The number of hydrogen-bond acceptors (Lipinski definition) is 2. The van der Waals surface area contributed by atoms with E-state index in [0.717, 1.165) is 22.0 Å². The van der Waals surface area contributed by atoms with Crippen LogP contribution in [-0.2, 0) is 16.8 Å². The Balaban J connectivity index is 1.65. The van der Waals surface area contributed by atoms with Gasteiger partial charge in [0.2, 0.25) is 5.91 Å². The first kappa shape index (κ1) is 17.2. The molecule has 0 bridgehead atoms. The highest BCUT2D eigenvalue weighted by molar-refractivity contribution is 5.89. The molecular formula is C20H21FN2O2. The van der Waals surface area contributed by atoms with Crippen LogP contribution in [0.3, 0.4) is 0 Å². The second-order valence-corrected chi connectivity index (χ2v) is 6.60. The van der Waals surface area contributed by atoms with E-state index in [2.05, 4.69) is 10.3 Å². The first-order chi connectivity index (χ1) is 11.8. The number of aliphatic hydroxyl groups is 1. The quantitative estimate of drug-likeness (QED) is 0.668. The summed E-state index contributed by atoms with van der Waals surface area (Å²) in [6.45, 7) is 3.66.